The van der Waals surface area contributed by atoms with E-state index in [-0.39, 0.29) is 19.4 Å². The molecule has 0 aromatic heterocycles. The number of nitrogens with zero attached hydrogens (tertiary/aromatic N) is 1. The van der Waals surface area contributed by atoms with Crippen LogP contribution in [0.25, 0.3) is 0 Å². The third kappa shape index (κ3) is 6.10. The Hall–Kier alpha value is -0.330. The van der Waals surface area contributed by atoms with Crippen LogP contribution in [0.15, 0.2) is 0 Å². The van der Waals surface area contributed by atoms with E-state index in [0.717, 1.165) is 19.4 Å². The third-order valence-electron chi connectivity index (χ3n) is 3.93. The van der Waals surface area contributed by atoms with Crippen molar-refractivity contribution in [2.24, 2.45) is 11.7 Å². The van der Waals surface area contributed by atoms with Gasteiger partial charge in [-0.3, -0.25) is 0 Å². The first-order valence-corrected chi connectivity index (χ1v) is 6.96. The largest absolute Gasteiger partial charge is 0.391 e. The molecule has 19 heavy (non-hydrogen) atoms. The number of hydrogen-bond acceptors (Lipinski definition) is 3. The standard InChI is InChI=1S/C13H25F3N2O/c1-12(19,10-17)6-2-3-7-18-8-4-11(5-9-18)13(14,15)16/h11,19H,2-10,17H2,1H3. The molecular formula is C13H25F3N2O. The molecule has 0 aliphatic carbocycles. The van der Waals surface area contributed by atoms with Gasteiger partial charge in [0.25, 0.3) is 0 Å². The average Bonchev–Trinajstić information content (AvgIpc) is 2.34. The Balaban J connectivity index is 2.14. The number of alkyl halides is 3. The molecule has 3 nitrogen and oxygen atoms in total. The van der Waals surface area contributed by atoms with E-state index in [9.17, 15) is 18.3 Å². The number of nitrogens with two attached hydrogens (primary N) is 1. The lowest BCUT2D eigenvalue weighted by Crippen LogP contribution is -2.39. The van der Waals surface area contributed by atoms with Crippen LogP contribution in [0, 0.1) is 5.92 Å². The molecule has 6 heteroatoms. The molecule has 1 unspecified atom stereocenters. The Kier molecular flexibility index (Phi) is 6.08. The first-order chi connectivity index (χ1) is 8.74. The monoisotopic (exact) mass is 282 g/mol. The Bertz CT molecular complexity index is 261. The van der Waals surface area contributed by atoms with Crippen molar-refractivity contribution >= 4 is 0 Å². The van der Waals surface area contributed by atoms with E-state index in [2.05, 4.69) is 4.90 Å². The van der Waals surface area contributed by atoms with Gasteiger partial charge in [-0.25, -0.2) is 0 Å². The minimum atomic E-state index is -4.04. The van der Waals surface area contributed by atoms with Gasteiger partial charge in [0.1, 0.15) is 0 Å². The molecule has 1 rings (SSSR count). The van der Waals surface area contributed by atoms with Crippen molar-refractivity contribution in [3.05, 3.63) is 0 Å². The Labute approximate surface area is 113 Å². The number of aliphatic hydroxyl groups is 1. The highest BCUT2D eigenvalue weighted by atomic mass is 19.4. The quantitative estimate of drug-likeness (QED) is 0.734. The maximum absolute atomic E-state index is 12.5. The lowest BCUT2D eigenvalue weighted by atomic mass is 9.95. The fourth-order valence-electron chi connectivity index (χ4n) is 2.43. The first kappa shape index (κ1) is 16.7. The number of likely N-dealkylation sites (tertiary alicyclic amines) is 1. The summed E-state index contributed by atoms with van der Waals surface area (Å²) in [5.41, 5.74) is 4.60. The van der Waals surface area contributed by atoms with Gasteiger partial charge in [0.2, 0.25) is 0 Å². The molecule has 1 fully saturated rings. The zero-order chi connectivity index (χ0) is 14.5. The Morgan fingerprint density at radius 3 is 2.26 bits per heavy atom. The van der Waals surface area contributed by atoms with Gasteiger partial charge in [0.15, 0.2) is 0 Å². The second kappa shape index (κ2) is 6.90. The highest BCUT2D eigenvalue weighted by Gasteiger charge is 2.40. The van der Waals surface area contributed by atoms with Crippen molar-refractivity contribution in [2.45, 2.75) is 50.8 Å². The van der Waals surface area contributed by atoms with E-state index in [1.165, 1.54) is 0 Å². The van der Waals surface area contributed by atoms with Crippen LogP contribution in [0.2, 0.25) is 0 Å². The molecule has 0 amide bonds. The zero-order valence-electron chi connectivity index (χ0n) is 11.5. The second-order valence-corrected chi connectivity index (χ2v) is 5.82. The summed E-state index contributed by atoms with van der Waals surface area (Å²) in [6.07, 6.45) is -1.22. The van der Waals surface area contributed by atoms with Crippen LogP contribution in [0.5, 0.6) is 0 Å². The summed E-state index contributed by atoms with van der Waals surface area (Å²) >= 11 is 0. The van der Waals surface area contributed by atoms with Crippen molar-refractivity contribution in [1.82, 2.24) is 4.90 Å². The third-order valence-corrected chi connectivity index (χ3v) is 3.93. The van der Waals surface area contributed by atoms with Crippen molar-refractivity contribution in [3.8, 4) is 0 Å². The molecule has 0 aromatic rings. The number of piperidine rings is 1. The Morgan fingerprint density at radius 2 is 1.79 bits per heavy atom. The van der Waals surface area contributed by atoms with Gasteiger partial charge in [-0.05, 0) is 58.7 Å². The summed E-state index contributed by atoms with van der Waals surface area (Å²) in [6.45, 7) is 3.81. The molecule has 1 heterocycles. The van der Waals surface area contributed by atoms with Crippen molar-refractivity contribution in [2.75, 3.05) is 26.2 Å². The molecular weight excluding hydrogens is 257 g/mol. The van der Waals surface area contributed by atoms with E-state index in [0.29, 0.717) is 19.5 Å². The summed E-state index contributed by atoms with van der Waals surface area (Å²) in [5.74, 6) is -1.12. The summed E-state index contributed by atoms with van der Waals surface area (Å²) in [7, 11) is 0. The number of rotatable bonds is 6. The maximum Gasteiger partial charge on any atom is 0.391 e. The second-order valence-electron chi connectivity index (χ2n) is 5.82. The minimum Gasteiger partial charge on any atom is -0.389 e. The van der Waals surface area contributed by atoms with Gasteiger partial charge in [-0.2, -0.15) is 13.2 Å². The molecule has 1 saturated heterocycles. The van der Waals surface area contributed by atoms with Gasteiger partial charge in [0, 0.05) is 6.54 Å². The van der Waals surface area contributed by atoms with Gasteiger partial charge in [-0.15, -0.1) is 0 Å². The number of hydrogen-bond donors (Lipinski definition) is 2. The van der Waals surface area contributed by atoms with Crippen LogP contribution in [0.4, 0.5) is 13.2 Å². The fourth-order valence-corrected chi connectivity index (χ4v) is 2.43. The first-order valence-electron chi connectivity index (χ1n) is 6.96. The van der Waals surface area contributed by atoms with Crippen LogP contribution in [-0.2, 0) is 0 Å². The SMILES string of the molecule is CC(O)(CN)CCCCN1CCC(C(F)(F)F)CC1. The van der Waals surface area contributed by atoms with Crippen molar-refractivity contribution in [3.63, 3.8) is 0 Å². The molecule has 0 saturated carbocycles. The van der Waals surface area contributed by atoms with Crippen LogP contribution in [0.3, 0.4) is 0 Å². The molecule has 0 aromatic carbocycles. The van der Waals surface area contributed by atoms with Gasteiger partial charge in [-0.1, -0.05) is 0 Å². The normalized spacial score (nSPS) is 22.4. The smallest absolute Gasteiger partial charge is 0.389 e. The topological polar surface area (TPSA) is 49.5 Å². The highest BCUT2D eigenvalue weighted by Crippen LogP contribution is 2.34. The van der Waals surface area contributed by atoms with Crippen molar-refractivity contribution in [1.29, 1.82) is 0 Å². The molecule has 114 valence electrons. The zero-order valence-corrected chi connectivity index (χ0v) is 11.5. The molecule has 0 bridgehead atoms. The van der Waals surface area contributed by atoms with Gasteiger partial charge >= 0.3 is 6.18 Å². The van der Waals surface area contributed by atoms with Crippen LogP contribution >= 0.6 is 0 Å². The maximum atomic E-state index is 12.5. The van der Waals surface area contributed by atoms with Crippen LogP contribution in [-0.4, -0.2) is 48.0 Å². The van der Waals surface area contributed by atoms with Gasteiger partial charge < -0.3 is 15.7 Å². The summed E-state index contributed by atoms with van der Waals surface area (Å²) < 4.78 is 37.5. The molecule has 1 atom stereocenters. The highest BCUT2D eigenvalue weighted by molar-refractivity contribution is 4.78. The molecule has 3 N–H and O–H groups in total. The average molecular weight is 282 g/mol. The van der Waals surface area contributed by atoms with E-state index in [4.69, 9.17) is 5.73 Å². The van der Waals surface area contributed by atoms with Crippen molar-refractivity contribution < 1.29 is 18.3 Å². The van der Waals surface area contributed by atoms with E-state index >= 15 is 0 Å². The molecule has 0 radical (unpaired) electrons. The molecule has 1 aliphatic heterocycles. The van der Waals surface area contributed by atoms with E-state index < -0.39 is 17.7 Å². The van der Waals surface area contributed by atoms with Gasteiger partial charge in [0.05, 0.1) is 11.5 Å². The lowest BCUT2D eigenvalue weighted by Gasteiger charge is -2.33. The summed E-state index contributed by atoms with van der Waals surface area (Å²) in [5, 5.41) is 9.72. The number of halogens is 3. The van der Waals surface area contributed by atoms with Crippen LogP contribution in [0.1, 0.15) is 39.0 Å². The summed E-state index contributed by atoms with van der Waals surface area (Å²) in [6, 6.07) is 0. The van der Waals surface area contributed by atoms with E-state index in [1.807, 2.05) is 0 Å². The Morgan fingerprint density at radius 1 is 1.21 bits per heavy atom. The predicted octanol–water partition coefficient (Wildman–Crippen LogP) is 2.14. The van der Waals surface area contributed by atoms with Crippen LogP contribution < -0.4 is 5.73 Å². The van der Waals surface area contributed by atoms with E-state index in [1.54, 1.807) is 6.92 Å². The molecule has 0 spiro atoms. The molecule has 1 aliphatic rings. The fraction of sp³-hybridized carbons (Fsp3) is 1.00. The number of unbranched alkanes of at least 4 members (excludes halogenated alkanes) is 1. The minimum absolute atomic E-state index is 0.212. The predicted molar refractivity (Wildman–Crippen MR) is 68.7 cm³/mol. The lowest BCUT2D eigenvalue weighted by molar-refractivity contribution is -0.185. The summed E-state index contributed by atoms with van der Waals surface area (Å²) in [4.78, 5) is 2.08.